The lowest BCUT2D eigenvalue weighted by Crippen LogP contribution is -2.34. The largest absolute Gasteiger partial charge is 0.460 e. The van der Waals surface area contributed by atoms with Gasteiger partial charge in [-0.1, -0.05) is 19.7 Å². The molecule has 0 radical (unpaired) electrons. The Bertz CT molecular complexity index is 584. The number of carbonyl (C=O) groups is 3. The van der Waals surface area contributed by atoms with E-state index in [2.05, 4.69) is 29.2 Å². The molecule has 0 aliphatic carbocycles. The Labute approximate surface area is 192 Å². The van der Waals surface area contributed by atoms with E-state index >= 15 is 0 Å². The van der Waals surface area contributed by atoms with E-state index in [-0.39, 0.29) is 52.9 Å². The Balaban J connectivity index is 4.49. The van der Waals surface area contributed by atoms with Gasteiger partial charge in [0.1, 0.15) is 44.2 Å². The summed E-state index contributed by atoms with van der Waals surface area (Å²) in [5, 5.41) is 29.4. The van der Waals surface area contributed by atoms with Crippen molar-refractivity contribution in [2.24, 2.45) is 0 Å². The highest BCUT2D eigenvalue weighted by molar-refractivity contribution is 5.81. The van der Waals surface area contributed by atoms with E-state index in [9.17, 15) is 29.7 Å². The molecule has 0 aromatic heterocycles. The van der Waals surface area contributed by atoms with Gasteiger partial charge in [0.25, 0.3) is 0 Å². The maximum Gasteiger partial charge on any atom is 0.330 e. The first kappa shape index (κ1) is 30.4. The predicted molar refractivity (Wildman–Crippen MR) is 113 cm³/mol. The molecule has 33 heavy (non-hydrogen) atoms. The third-order valence-corrected chi connectivity index (χ3v) is 3.51. The lowest BCUT2D eigenvalue weighted by Gasteiger charge is -2.21. The lowest BCUT2D eigenvalue weighted by atomic mass is 10.3. The molecule has 0 heterocycles. The van der Waals surface area contributed by atoms with Gasteiger partial charge in [0.15, 0.2) is 0 Å². The zero-order valence-electron chi connectivity index (χ0n) is 18.3. The average molecular weight is 476 g/mol. The van der Waals surface area contributed by atoms with E-state index in [1.807, 2.05) is 0 Å². The molecule has 0 aromatic carbocycles. The van der Waals surface area contributed by atoms with Crippen LogP contribution < -0.4 is 0 Å². The molecule has 0 saturated carbocycles. The van der Waals surface area contributed by atoms with Crippen LogP contribution in [0.25, 0.3) is 0 Å². The number of aliphatic hydroxyl groups is 3. The van der Waals surface area contributed by atoms with E-state index < -0.39 is 42.3 Å². The van der Waals surface area contributed by atoms with Crippen LogP contribution in [-0.2, 0) is 42.8 Å². The SMILES string of the molecule is C=CC(=O)OCC(O)COCC(COCC(O)COC(=O)C=C)OCC(O)COC(=O)C=C. The number of rotatable bonds is 20. The summed E-state index contributed by atoms with van der Waals surface area (Å²) in [7, 11) is 0. The first-order valence-corrected chi connectivity index (χ1v) is 9.90. The third-order valence-electron chi connectivity index (χ3n) is 3.51. The van der Waals surface area contributed by atoms with E-state index in [0.29, 0.717) is 0 Å². The Morgan fingerprint density at radius 3 is 1.24 bits per heavy atom. The van der Waals surface area contributed by atoms with Gasteiger partial charge in [-0.2, -0.15) is 0 Å². The highest BCUT2D eigenvalue weighted by atomic mass is 16.6. The van der Waals surface area contributed by atoms with Crippen molar-refractivity contribution >= 4 is 17.9 Å². The normalized spacial score (nSPS) is 14.3. The van der Waals surface area contributed by atoms with Crippen molar-refractivity contribution in [1.29, 1.82) is 0 Å². The topological polar surface area (TPSA) is 167 Å². The molecule has 12 nitrogen and oxygen atoms in total. The second-order valence-electron chi connectivity index (χ2n) is 6.49. The molecule has 0 spiro atoms. The van der Waals surface area contributed by atoms with Crippen molar-refractivity contribution in [3.05, 3.63) is 38.0 Å². The van der Waals surface area contributed by atoms with Crippen LogP contribution in [0.2, 0.25) is 0 Å². The molecule has 3 unspecified atom stereocenters. The number of esters is 3. The van der Waals surface area contributed by atoms with Crippen LogP contribution in [0.4, 0.5) is 0 Å². The summed E-state index contributed by atoms with van der Waals surface area (Å²) in [6.07, 6.45) is -1.21. The minimum Gasteiger partial charge on any atom is -0.460 e. The fraction of sp³-hybridized carbons (Fsp3) is 0.571. The van der Waals surface area contributed by atoms with Gasteiger partial charge in [0.2, 0.25) is 0 Å². The Kier molecular flexibility index (Phi) is 17.4. The van der Waals surface area contributed by atoms with E-state index in [1.165, 1.54) is 0 Å². The van der Waals surface area contributed by atoms with Crippen molar-refractivity contribution in [2.45, 2.75) is 24.4 Å². The minimum absolute atomic E-state index is 0.0901. The van der Waals surface area contributed by atoms with Gasteiger partial charge in [0.05, 0.1) is 33.0 Å². The van der Waals surface area contributed by atoms with Gasteiger partial charge in [0, 0.05) is 18.2 Å². The first-order valence-electron chi connectivity index (χ1n) is 9.90. The summed E-state index contributed by atoms with van der Waals surface area (Å²) in [6, 6.07) is 0. The van der Waals surface area contributed by atoms with E-state index in [4.69, 9.17) is 18.9 Å². The molecular formula is C21H32O12. The van der Waals surface area contributed by atoms with Gasteiger partial charge in [-0.05, 0) is 0 Å². The summed E-state index contributed by atoms with van der Waals surface area (Å²) in [5.74, 6) is -2.08. The summed E-state index contributed by atoms with van der Waals surface area (Å²) in [5.41, 5.74) is 0. The maximum absolute atomic E-state index is 11.0. The Morgan fingerprint density at radius 1 is 0.576 bits per heavy atom. The fourth-order valence-electron chi connectivity index (χ4n) is 1.92. The number of ether oxygens (including phenoxy) is 6. The quantitative estimate of drug-likeness (QED) is 0.108. The zero-order valence-corrected chi connectivity index (χ0v) is 18.3. The molecule has 0 fully saturated rings. The molecule has 188 valence electrons. The summed E-state index contributed by atoms with van der Waals surface area (Å²) >= 11 is 0. The molecule has 0 rings (SSSR count). The van der Waals surface area contributed by atoms with E-state index in [0.717, 1.165) is 18.2 Å². The van der Waals surface area contributed by atoms with Gasteiger partial charge in [-0.3, -0.25) is 0 Å². The monoisotopic (exact) mass is 476 g/mol. The van der Waals surface area contributed by atoms with Gasteiger partial charge >= 0.3 is 17.9 Å². The van der Waals surface area contributed by atoms with Crippen molar-refractivity contribution in [3.63, 3.8) is 0 Å². The molecule has 3 atom stereocenters. The van der Waals surface area contributed by atoms with Crippen LogP contribution in [0.1, 0.15) is 0 Å². The first-order chi connectivity index (χ1) is 15.7. The van der Waals surface area contributed by atoms with Crippen LogP contribution in [0.3, 0.4) is 0 Å². The van der Waals surface area contributed by atoms with Crippen LogP contribution >= 0.6 is 0 Å². The molecule has 0 aliphatic rings. The van der Waals surface area contributed by atoms with Crippen LogP contribution in [-0.4, -0.2) is 110 Å². The molecule has 0 aliphatic heterocycles. The van der Waals surface area contributed by atoms with Crippen molar-refractivity contribution in [1.82, 2.24) is 0 Å². The molecule has 12 heteroatoms. The highest BCUT2D eigenvalue weighted by Crippen LogP contribution is 2.01. The Hall–Kier alpha value is -2.61. The fourth-order valence-corrected chi connectivity index (χ4v) is 1.92. The number of aliphatic hydroxyl groups excluding tert-OH is 3. The minimum atomic E-state index is -1.13. The predicted octanol–water partition coefficient (Wildman–Crippen LogP) is -1.32. The standard InChI is InChI=1S/C21H32O12/c1-4-19(25)31-10-15(22)7-28-13-18(30-9-17(24)12-33-21(27)6-3)14-29-8-16(23)11-32-20(26)5-2/h4-6,15-18,22-24H,1-3,7-14H2. The Morgan fingerprint density at radius 2 is 0.909 bits per heavy atom. The summed E-state index contributed by atoms with van der Waals surface area (Å²) in [4.78, 5) is 33.0. The molecule has 0 bridgehead atoms. The molecule has 3 N–H and O–H groups in total. The molecular weight excluding hydrogens is 444 g/mol. The van der Waals surface area contributed by atoms with Gasteiger partial charge < -0.3 is 43.7 Å². The molecule has 0 amide bonds. The van der Waals surface area contributed by atoms with Crippen molar-refractivity contribution < 1.29 is 58.1 Å². The van der Waals surface area contributed by atoms with Crippen molar-refractivity contribution in [2.75, 3.05) is 52.9 Å². The second kappa shape index (κ2) is 18.9. The molecule has 0 aromatic rings. The van der Waals surface area contributed by atoms with Gasteiger partial charge in [-0.25, -0.2) is 14.4 Å². The average Bonchev–Trinajstić information content (AvgIpc) is 2.81. The van der Waals surface area contributed by atoms with Crippen LogP contribution in [0, 0.1) is 0 Å². The highest BCUT2D eigenvalue weighted by Gasteiger charge is 2.17. The summed E-state index contributed by atoms with van der Waals surface area (Å²) < 4.78 is 30.2. The number of carbonyl (C=O) groups excluding carboxylic acids is 3. The second-order valence-corrected chi connectivity index (χ2v) is 6.49. The van der Waals surface area contributed by atoms with Crippen molar-refractivity contribution in [3.8, 4) is 0 Å². The molecule has 0 saturated heterocycles. The van der Waals surface area contributed by atoms with Gasteiger partial charge in [-0.15, -0.1) is 0 Å². The smallest absolute Gasteiger partial charge is 0.330 e. The lowest BCUT2D eigenvalue weighted by molar-refractivity contribution is -0.147. The number of hydrogen-bond acceptors (Lipinski definition) is 12. The third kappa shape index (κ3) is 17.6. The van der Waals surface area contributed by atoms with E-state index in [1.54, 1.807) is 0 Å². The maximum atomic E-state index is 11.0. The summed E-state index contributed by atoms with van der Waals surface area (Å²) in [6.45, 7) is 8.00. The zero-order chi connectivity index (χ0) is 25.1. The van der Waals surface area contributed by atoms with Crippen LogP contribution in [0.15, 0.2) is 38.0 Å². The number of hydrogen-bond donors (Lipinski definition) is 3. The van der Waals surface area contributed by atoms with Crippen LogP contribution in [0.5, 0.6) is 0 Å².